The zero-order chi connectivity index (χ0) is 47.4. The SMILES string of the molecule is CC(=O)N[C@@H](CC(=O)O)C(=O)N[C@H](CC(C(=O)O)C(=O)O)C(=O)N[C@@H](Cc1ccccc1)C(=O)N[C@@H](CCC(=O)O)C(=O)N[C@@H](CC1CCCCC1)C(=O)N[C@@H](CS)C(=O)C(=O)O. The molecule has 6 atom stereocenters. The Hall–Kier alpha value is -6.59. The van der Waals surface area contributed by atoms with Crippen LogP contribution in [0.15, 0.2) is 30.3 Å². The van der Waals surface area contributed by atoms with Gasteiger partial charge in [-0.3, -0.25) is 52.7 Å². The van der Waals surface area contributed by atoms with Crippen molar-refractivity contribution in [3.8, 4) is 0 Å². The second-order valence-electron chi connectivity index (χ2n) is 14.8. The van der Waals surface area contributed by atoms with E-state index in [1.165, 1.54) is 12.1 Å². The number of carbonyl (C=O) groups excluding carboxylic acids is 7. The number of amides is 6. The van der Waals surface area contributed by atoms with Crippen molar-refractivity contribution in [2.45, 2.75) is 114 Å². The van der Waals surface area contributed by atoms with Gasteiger partial charge in [-0.25, -0.2) is 4.79 Å². The number of rotatable bonds is 27. The first-order valence-corrected chi connectivity index (χ1v) is 20.4. The van der Waals surface area contributed by atoms with Crippen LogP contribution in [0.1, 0.15) is 76.7 Å². The predicted octanol–water partition coefficient (Wildman–Crippen LogP) is -1.77. The van der Waals surface area contributed by atoms with Gasteiger partial charge in [0.25, 0.3) is 5.78 Å². The number of thiol groups is 1. The van der Waals surface area contributed by atoms with Crippen LogP contribution in [0.4, 0.5) is 0 Å². The van der Waals surface area contributed by atoms with E-state index in [9.17, 15) is 83.1 Å². The number of carbonyl (C=O) groups is 12. The first-order valence-electron chi connectivity index (χ1n) is 19.7. The molecular formula is C39H52N6O17S. The lowest BCUT2D eigenvalue weighted by atomic mass is 9.84. The molecule has 1 fully saturated rings. The zero-order valence-corrected chi connectivity index (χ0v) is 35.0. The fraction of sp³-hybridized carbons (Fsp3) is 0.538. The summed E-state index contributed by atoms with van der Waals surface area (Å²) in [7, 11) is 0. The van der Waals surface area contributed by atoms with Crippen LogP contribution in [0, 0.1) is 11.8 Å². The summed E-state index contributed by atoms with van der Waals surface area (Å²) in [5.74, 6) is -19.7. The fourth-order valence-corrected chi connectivity index (χ4v) is 6.95. The van der Waals surface area contributed by atoms with Crippen molar-refractivity contribution in [3.63, 3.8) is 0 Å². The molecule has 0 aliphatic heterocycles. The molecule has 0 aromatic heterocycles. The van der Waals surface area contributed by atoms with E-state index in [0.717, 1.165) is 26.2 Å². The Labute approximate surface area is 365 Å². The summed E-state index contributed by atoms with van der Waals surface area (Å²) in [5.41, 5.74) is 0.380. The van der Waals surface area contributed by atoms with E-state index in [4.69, 9.17) is 0 Å². The van der Waals surface area contributed by atoms with Crippen LogP contribution in [-0.2, 0) is 64.0 Å². The molecule has 1 aromatic rings. The lowest BCUT2D eigenvalue weighted by Crippen LogP contribution is -2.60. The van der Waals surface area contributed by atoms with Gasteiger partial charge in [-0.2, -0.15) is 12.6 Å². The van der Waals surface area contributed by atoms with Crippen molar-refractivity contribution in [3.05, 3.63) is 35.9 Å². The zero-order valence-electron chi connectivity index (χ0n) is 34.1. The maximum absolute atomic E-state index is 14.1. The fourth-order valence-electron chi connectivity index (χ4n) is 6.69. The Kier molecular flexibility index (Phi) is 21.7. The molecule has 1 aromatic carbocycles. The van der Waals surface area contributed by atoms with E-state index in [0.29, 0.717) is 18.4 Å². The first-order chi connectivity index (χ1) is 29.6. The van der Waals surface area contributed by atoms with Gasteiger partial charge in [-0.1, -0.05) is 62.4 Å². The van der Waals surface area contributed by atoms with Crippen molar-refractivity contribution in [1.82, 2.24) is 31.9 Å². The quantitative estimate of drug-likeness (QED) is 0.0264. The summed E-state index contributed by atoms with van der Waals surface area (Å²) < 4.78 is 0. The van der Waals surface area contributed by atoms with E-state index in [1.807, 2.05) is 0 Å². The van der Waals surface area contributed by atoms with Crippen molar-refractivity contribution < 1.29 is 83.1 Å². The highest BCUT2D eigenvalue weighted by atomic mass is 32.1. The lowest BCUT2D eigenvalue weighted by Gasteiger charge is -2.29. The van der Waals surface area contributed by atoms with E-state index in [-0.39, 0.29) is 18.8 Å². The number of hydrogen-bond acceptors (Lipinski definition) is 13. The number of aliphatic carboxylic acids is 5. The molecule has 1 aliphatic carbocycles. The summed E-state index contributed by atoms with van der Waals surface area (Å²) in [6.45, 7) is 0.948. The number of carboxylic acids is 5. The molecule has 24 heteroatoms. The van der Waals surface area contributed by atoms with Crippen LogP contribution in [0.25, 0.3) is 0 Å². The molecule has 23 nitrogen and oxygen atoms in total. The average molecular weight is 909 g/mol. The molecule has 2 rings (SSSR count). The van der Waals surface area contributed by atoms with E-state index < -0.39 is 145 Å². The minimum atomic E-state index is -2.34. The van der Waals surface area contributed by atoms with Crippen molar-refractivity contribution >= 4 is 83.7 Å². The summed E-state index contributed by atoms with van der Waals surface area (Å²) in [4.78, 5) is 151. The maximum Gasteiger partial charge on any atom is 0.374 e. The van der Waals surface area contributed by atoms with Gasteiger partial charge in [0.1, 0.15) is 36.3 Å². The molecule has 0 saturated heterocycles. The minimum Gasteiger partial charge on any atom is -0.481 e. The highest BCUT2D eigenvalue weighted by molar-refractivity contribution is 7.80. The molecule has 1 aliphatic rings. The van der Waals surface area contributed by atoms with Crippen LogP contribution in [-0.4, -0.2) is 139 Å². The van der Waals surface area contributed by atoms with Gasteiger partial charge in [0.05, 0.1) is 6.42 Å². The molecule has 0 spiro atoms. The highest BCUT2D eigenvalue weighted by Gasteiger charge is 2.38. The number of carboxylic acid groups (broad SMARTS) is 5. The number of nitrogens with one attached hydrogen (secondary N) is 6. The van der Waals surface area contributed by atoms with Crippen LogP contribution >= 0.6 is 12.6 Å². The standard InChI is InChI=1S/C39H52N6O17S/c1-19(46)40-27(17-30(49)50)36(56)44-26(16-22(37(57)58)38(59)60)35(55)43-24(14-20-8-4-2-5-9-20)33(53)41-23(12-13-29(47)48)32(52)42-25(15-21-10-6-3-7-11-21)34(54)45-28(18-63)31(51)39(61)62/h2,4-5,8-9,21-28,63H,3,6-7,10-18H2,1H3,(H,40,46)(H,41,53)(H,42,52)(H,43,55)(H,44,56)(H,45,54)(H,47,48)(H,49,50)(H,57,58)(H,59,60)(H,61,62)/t23-,24-,25-,26+,27-,28-/m0/s1. The Balaban J connectivity index is 2.55. The summed E-state index contributed by atoms with van der Waals surface area (Å²) >= 11 is 3.96. The van der Waals surface area contributed by atoms with E-state index in [2.05, 4.69) is 44.5 Å². The first kappa shape index (κ1) is 52.5. The number of benzene rings is 1. The normalized spacial score (nSPS) is 15.4. The maximum atomic E-state index is 14.1. The number of ketones is 1. The molecule has 11 N–H and O–H groups in total. The summed E-state index contributed by atoms with van der Waals surface area (Å²) in [6, 6.07) is -2.62. The number of hydrogen-bond donors (Lipinski definition) is 12. The topological polar surface area (TPSA) is 378 Å². The Bertz CT molecular complexity index is 1850. The minimum absolute atomic E-state index is 0.0143. The third-order valence-electron chi connectivity index (χ3n) is 9.92. The molecule has 0 bridgehead atoms. The third-order valence-corrected chi connectivity index (χ3v) is 10.3. The molecule has 0 heterocycles. The predicted molar refractivity (Wildman–Crippen MR) is 218 cm³/mol. The summed E-state index contributed by atoms with van der Waals surface area (Å²) in [6.07, 6.45) is 0.0486. The van der Waals surface area contributed by atoms with Gasteiger partial charge in [0.2, 0.25) is 35.4 Å². The van der Waals surface area contributed by atoms with Gasteiger partial charge in [0, 0.05) is 31.9 Å². The molecule has 0 radical (unpaired) electrons. The van der Waals surface area contributed by atoms with Gasteiger partial charge < -0.3 is 57.4 Å². The molecule has 63 heavy (non-hydrogen) atoms. The number of Topliss-reactive ketones (excluding diaryl/α,β-unsaturated/α-hetero) is 1. The third kappa shape index (κ3) is 18.5. The van der Waals surface area contributed by atoms with Crippen LogP contribution in [0.5, 0.6) is 0 Å². The Morgan fingerprint density at radius 1 is 0.603 bits per heavy atom. The molecule has 346 valence electrons. The van der Waals surface area contributed by atoms with E-state index in [1.54, 1.807) is 18.2 Å². The largest absolute Gasteiger partial charge is 0.481 e. The van der Waals surface area contributed by atoms with Gasteiger partial charge in [-0.15, -0.1) is 0 Å². The second-order valence-corrected chi connectivity index (χ2v) is 15.2. The smallest absolute Gasteiger partial charge is 0.374 e. The van der Waals surface area contributed by atoms with Crippen molar-refractivity contribution in [1.29, 1.82) is 0 Å². The van der Waals surface area contributed by atoms with Gasteiger partial charge in [0.15, 0.2) is 5.92 Å². The van der Waals surface area contributed by atoms with E-state index >= 15 is 0 Å². The van der Waals surface area contributed by atoms with Crippen LogP contribution < -0.4 is 31.9 Å². The lowest BCUT2D eigenvalue weighted by molar-refractivity contribution is -0.155. The second kappa shape index (κ2) is 26.0. The highest BCUT2D eigenvalue weighted by Crippen LogP contribution is 2.27. The van der Waals surface area contributed by atoms with Gasteiger partial charge >= 0.3 is 29.8 Å². The Morgan fingerprint density at radius 2 is 1.10 bits per heavy atom. The Morgan fingerprint density at radius 3 is 1.62 bits per heavy atom. The molecule has 6 amide bonds. The van der Waals surface area contributed by atoms with Gasteiger partial charge in [-0.05, 0) is 24.3 Å². The monoisotopic (exact) mass is 908 g/mol. The molecule has 0 unspecified atom stereocenters. The molecule has 1 saturated carbocycles. The van der Waals surface area contributed by atoms with Crippen LogP contribution in [0.2, 0.25) is 0 Å². The average Bonchev–Trinajstić information content (AvgIpc) is 3.21. The molecular weight excluding hydrogens is 857 g/mol. The van der Waals surface area contributed by atoms with Crippen LogP contribution in [0.3, 0.4) is 0 Å². The van der Waals surface area contributed by atoms with Crippen molar-refractivity contribution in [2.24, 2.45) is 11.8 Å². The summed E-state index contributed by atoms with van der Waals surface area (Å²) in [5, 5.41) is 60.7. The van der Waals surface area contributed by atoms with Crippen molar-refractivity contribution in [2.75, 3.05) is 5.75 Å².